The fourth-order valence-electron chi connectivity index (χ4n) is 6.49. The minimum Gasteiger partial charge on any atom is -0.454 e. The lowest BCUT2D eigenvalue weighted by Crippen LogP contribution is -2.31. The average molecular weight is 536 g/mol. The molecule has 7 rings (SSSR count). The van der Waals surface area contributed by atoms with E-state index in [-0.39, 0.29) is 30.5 Å². The van der Waals surface area contributed by atoms with E-state index < -0.39 is 0 Å². The van der Waals surface area contributed by atoms with Crippen molar-refractivity contribution < 1.29 is 18.7 Å². The Morgan fingerprint density at radius 3 is 2.70 bits per heavy atom. The molecule has 0 spiro atoms. The van der Waals surface area contributed by atoms with Crippen molar-refractivity contribution in [3.63, 3.8) is 0 Å². The first-order valence-electron chi connectivity index (χ1n) is 13.8. The number of carbonyl (C=O) groups excluding carboxylic acids is 1. The van der Waals surface area contributed by atoms with E-state index in [9.17, 15) is 9.18 Å². The van der Waals surface area contributed by atoms with Gasteiger partial charge in [0.15, 0.2) is 11.5 Å². The summed E-state index contributed by atoms with van der Waals surface area (Å²) in [6.45, 7) is 2.44. The molecule has 1 amide bonds. The minimum atomic E-state index is -0.246. The van der Waals surface area contributed by atoms with E-state index in [4.69, 9.17) is 9.47 Å². The molecule has 7 heteroatoms. The predicted molar refractivity (Wildman–Crippen MR) is 151 cm³/mol. The van der Waals surface area contributed by atoms with Crippen molar-refractivity contribution in [1.29, 1.82) is 0 Å². The maximum atomic E-state index is 13.5. The van der Waals surface area contributed by atoms with E-state index in [1.54, 1.807) is 30.3 Å². The van der Waals surface area contributed by atoms with Crippen molar-refractivity contribution in [2.75, 3.05) is 11.8 Å². The van der Waals surface area contributed by atoms with Gasteiger partial charge in [-0.15, -0.1) is 0 Å². The third-order valence-electron chi connectivity index (χ3n) is 8.45. The quantitative estimate of drug-likeness (QED) is 0.374. The van der Waals surface area contributed by atoms with Gasteiger partial charge in [-0.2, -0.15) is 0 Å². The van der Waals surface area contributed by atoms with Gasteiger partial charge in [-0.25, -0.2) is 4.39 Å². The summed E-state index contributed by atoms with van der Waals surface area (Å²) >= 11 is 0. The number of fused-ring (bicyclic) bond motifs is 2. The Morgan fingerprint density at radius 2 is 1.88 bits per heavy atom. The molecule has 4 aliphatic rings. The molecule has 2 N–H and O–H groups in total. The second-order valence-corrected chi connectivity index (χ2v) is 10.7. The zero-order valence-corrected chi connectivity index (χ0v) is 22.2. The first kappa shape index (κ1) is 24.5. The molecule has 1 unspecified atom stereocenters. The molecule has 2 aliphatic heterocycles. The maximum absolute atomic E-state index is 13.5. The van der Waals surface area contributed by atoms with Crippen LogP contribution in [-0.4, -0.2) is 12.7 Å². The highest BCUT2D eigenvalue weighted by atomic mass is 19.1. The molecule has 0 saturated carbocycles. The van der Waals surface area contributed by atoms with Gasteiger partial charge >= 0.3 is 0 Å². The van der Waals surface area contributed by atoms with Crippen molar-refractivity contribution in [1.82, 2.24) is 10.7 Å². The Bertz CT molecular complexity index is 1560. The van der Waals surface area contributed by atoms with Crippen LogP contribution in [0, 0.1) is 17.7 Å². The molecular formula is C33H30FN3O3. The average Bonchev–Trinajstić information content (AvgIpc) is 3.72. The third-order valence-corrected chi connectivity index (χ3v) is 8.45. The minimum absolute atomic E-state index is 0.129. The Kier molecular flexibility index (Phi) is 6.07. The molecule has 0 radical (unpaired) electrons. The molecule has 3 atom stereocenters. The van der Waals surface area contributed by atoms with Crippen LogP contribution in [0.3, 0.4) is 0 Å². The molecule has 2 heterocycles. The zero-order valence-electron chi connectivity index (χ0n) is 22.2. The Hall–Kier alpha value is -4.52. The van der Waals surface area contributed by atoms with E-state index in [1.165, 1.54) is 28.9 Å². The molecule has 6 nitrogen and oxygen atoms in total. The number of allylic oxidation sites excluding steroid dienone is 4. The van der Waals surface area contributed by atoms with Gasteiger partial charge in [-0.3, -0.25) is 9.80 Å². The van der Waals surface area contributed by atoms with E-state index >= 15 is 0 Å². The number of hydrazine groups is 1. The molecule has 2 aliphatic carbocycles. The normalized spacial score (nSPS) is 21.3. The summed E-state index contributed by atoms with van der Waals surface area (Å²) in [5, 5.41) is 5.35. The number of hydrogen-bond donors (Lipinski definition) is 2. The van der Waals surface area contributed by atoms with Crippen LogP contribution in [0.15, 0.2) is 107 Å². The maximum Gasteiger partial charge on any atom is 0.251 e. The van der Waals surface area contributed by atoms with Gasteiger partial charge in [0.05, 0.1) is 17.4 Å². The van der Waals surface area contributed by atoms with Gasteiger partial charge < -0.3 is 20.2 Å². The van der Waals surface area contributed by atoms with Crippen molar-refractivity contribution in [2.45, 2.75) is 32.2 Å². The second kappa shape index (κ2) is 9.90. The largest absolute Gasteiger partial charge is 0.454 e. The summed E-state index contributed by atoms with van der Waals surface area (Å²) < 4.78 is 24.4. The molecule has 0 saturated heterocycles. The van der Waals surface area contributed by atoms with Gasteiger partial charge in [0.25, 0.3) is 5.91 Å². The summed E-state index contributed by atoms with van der Waals surface area (Å²) in [6.07, 6.45) is 7.20. The molecule has 3 aromatic carbocycles. The predicted octanol–water partition coefficient (Wildman–Crippen LogP) is 6.56. The van der Waals surface area contributed by atoms with E-state index in [0.717, 1.165) is 36.2 Å². The lowest BCUT2D eigenvalue weighted by molar-refractivity contribution is 0.0931. The van der Waals surface area contributed by atoms with Crippen molar-refractivity contribution >= 4 is 11.6 Å². The van der Waals surface area contributed by atoms with Gasteiger partial charge in [0.1, 0.15) is 5.82 Å². The fraction of sp³-hybridized carbons (Fsp3) is 0.242. The lowest BCUT2D eigenvalue weighted by atomic mass is 9.78. The number of rotatable bonds is 6. The van der Waals surface area contributed by atoms with Crippen LogP contribution in [0.4, 0.5) is 10.1 Å². The Balaban J connectivity index is 1.15. The van der Waals surface area contributed by atoms with Crippen LogP contribution in [-0.2, 0) is 0 Å². The number of ether oxygens (including phenoxy) is 2. The molecule has 3 aromatic rings. The number of nitrogens with one attached hydrogen (secondary N) is 2. The van der Waals surface area contributed by atoms with Crippen molar-refractivity contribution in [2.24, 2.45) is 11.8 Å². The summed E-state index contributed by atoms with van der Waals surface area (Å²) in [5.74, 6) is 1.46. The molecule has 0 bridgehead atoms. The van der Waals surface area contributed by atoms with Crippen molar-refractivity contribution in [3.8, 4) is 11.5 Å². The van der Waals surface area contributed by atoms with E-state index in [0.29, 0.717) is 23.0 Å². The van der Waals surface area contributed by atoms with Crippen molar-refractivity contribution in [3.05, 3.63) is 124 Å². The smallest absolute Gasteiger partial charge is 0.251 e. The standard InChI is InChI=1S/C33H30FN3O3/c1-20-27-18-35-37(26-12-10-25(34)11-13-26)29(27)16-23-8-7-22(32(20)23)15-28(21-5-3-2-4-6-21)36-33(38)24-9-14-30-31(17-24)40-19-39-30/h2-6,9-14,16-18,20,22,28,35H,7-8,15,19H2,1H3,(H,36,38)/t20-,22+,28?/m0/s1. The molecular weight excluding hydrogens is 505 g/mol. The SMILES string of the molecule is C[C@H]1C2=CNN(c3ccc(F)cc3)C2=CC2=C1[C@@H](CC(NC(=O)c1ccc3c(c1)OCO3)c1ccccc1)CC2. The number of carbonyl (C=O) groups is 1. The Morgan fingerprint density at radius 1 is 1.07 bits per heavy atom. The van der Waals surface area contributed by atoms with Gasteiger partial charge in [0.2, 0.25) is 6.79 Å². The number of anilines is 1. The first-order chi connectivity index (χ1) is 19.5. The van der Waals surface area contributed by atoms with E-state index in [2.05, 4.69) is 42.1 Å². The number of halogens is 1. The number of nitrogens with zero attached hydrogens (tertiary/aromatic N) is 1. The number of hydrogen-bond acceptors (Lipinski definition) is 5. The lowest BCUT2D eigenvalue weighted by Gasteiger charge is -2.31. The molecule has 0 fully saturated rings. The molecule has 40 heavy (non-hydrogen) atoms. The summed E-state index contributed by atoms with van der Waals surface area (Å²) in [4.78, 5) is 13.4. The highest BCUT2D eigenvalue weighted by Gasteiger charge is 2.39. The fourth-order valence-corrected chi connectivity index (χ4v) is 6.49. The van der Waals surface area contributed by atoms with Crippen LogP contribution in [0.5, 0.6) is 11.5 Å². The highest BCUT2D eigenvalue weighted by Crippen LogP contribution is 2.50. The van der Waals surface area contributed by atoms with Crippen LogP contribution in [0.1, 0.15) is 48.1 Å². The molecule has 0 aromatic heterocycles. The monoisotopic (exact) mass is 535 g/mol. The summed E-state index contributed by atoms with van der Waals surface area (Å²) in [5.41, 5.74) is 11.1. The van der Waals surface area contributed by atoms with Crippen LogP contribution in [0.25, 0.3) is 0 Å². The number of amides is 1. The van der Waals surface area contributed by atoms with Gasteiger partial charge in [0, 0.05) is 23.3 Å². The van der Waals surface area contributed by atoms with Gasteiger partial charge in [-0.05, 0) is 84.9 Å². The first-order valence-corrected chi connectivity index (χ1v) is 13.8. The summed E-state index contributed by atoms with van der Waals surface area (Å²) in [6, 6.07) is 21.9. The Labute approximate surface area is 232 Å². The summed E-state index contributed by atoms with van der Waals surface area (Å²) in [7, 11) is 0. The third kappa shape index (κ3) is 4.31. The zero-order chi connectivity index (χ0) is 27.2. The van der Waals surface area contributed by atoms with Crippen LogP contribution < -0.4 is 25.2 Å². The van der Waals surface area contributed by atoms with Crippen LogP contribution >= 0.6 is 0 Å². The van der Waals surface area contributed by atoms with E-state index in [1.807, 2.05) is 23.2 Å². The highest BCUT2D eigenvalue weighted by molar-refractivity contribution is 5.95. The van der Waals surface area contributed by atoms with Crippen LogP contribution in [0.2, 0.25) is 0 Å². The topological polar surface area (TPSA) is 62.8 Å². The molecule has 202 valence electrons. The van der Waals surface area contributed by atoms with Gasteiger partial charge in [-0.1, -0.05) is 42.8 Å². The number of benzene rings is 3. The second-order valence-electron chi connectivity index (χ2n) is 10.7.